The Morgan fingerprint density at radius 3 is 2.29 bits per heavy atom. The molecule has 24 heavy (non-hydrogen) atoms. The van der Waals surface area contributed by atoms with Crippen LogP contribution in [0.4, 0.5) is 4.79 Å². The summed E-state index contributed by atoms with van der Waals surface area (Å²) < 4.78 is 24.4. The number of carboxylic acids is 1. The fraction of sp³-hybridized carbons (Fsp3) is 0.750. The average molecular weight is 370 g/mol. The summed E-state index contributed by atoms with van der Waals surface area (Å²) in [6, 6.07) is 0.333. The molecular formula is C12H23N2O9P. The molecule has 1 amide bonds. The molecule has 0 aromatic rings. The predicted molar refractivity (Wildman–Crippen MR) is 80.9 cm³/mol. The number of esters is 1. The largest absolute Gasteiger partial charge is 0.480 e. The zero-order valence-corrected chi connectivity index (χ0v) is 14.4. The van der Waals surface area contributed by atoms with Crippen LogP contribution in [0.2, 0.25) is 0 Å². The minimum Gasteiger partial charge on any atom is -0.480 e. The van der Waals surface area contributed by atoms with E-state index >= 15 is 0 Å². The smallest absolute Gasteiger partial charge is 0.410 e. The molecular weight excluding hydrogens is 347 g/mol. The fourth-order valence-electron chi connectivity index (χ4n) is 0.995. The van der Waals surface area contributed by atoms with Crippen molar-refractivity contribution < 1.29 is 42.9 Å². The Morgan fingerprint density at radius 2 is 1.83 bits per heavy atom. The van der Waals surface area contributed by atoms with Crippen LogP contribution in [0.15, 0.2) is 0 Å². The van der Waals surface area contributed by atoms with Crippen molar-refractivity contribution in [1.29, 1.82) is 0 Å². The number of alkyl carbamates (subject to hydrolysis) is 1. The molecule has 1 aliphatic rings. The number of carbonyl (C=O) groups is 3. The van der Waals surface area contributed by atoms with Crippen molar-refractivity contribution >= 4 is 25.6 Å². The highest BCUT2D eigenvalue weighted by atomic mass is 31.2. The molecule has 0 bridgehead atoms. The van der Waals surface area contributed by atoms with Crippen molar-refractivity contribution in [3.8, 4) is 0 Å². The Hall–Kier alpha value is -1.68. The van der Waals surface area contributed by atoms with Crippen LogP contribution in [0.3, 0.4) is 0 Å². The summed E-state index contributed by atoms with van der Waals surface area (Å²) in [5, 5.41) is 10.1. The second-order valence-electron chi connectivity index (χ2n) is 5.17. The standard InChI is InChI=1S/C9H14NO9P.C3H9N/c11-7(12)3-19-20(15,16)4-10-9(14)18-5-17-8(13)6-1-2-6;1-3(2)4/h6H,1-5H2,(H,10,14)(H,11,12)(H,15,16);3H,4H2,1-2H3. The van der Waals surface area contributed by atoms with Gasteiger partial charge in [-0.1, -0.05) is 13.8 Å². The van der Waals surface area contributed by atoms with Crippen LogP contribution in [-0.2, 0) is 28.2 Å². The van der Waals surface area contributed by atoms with Gasteiger partial charge in [0.15, 0.2) is 6.61 Å². The fourth-order valence-corrected chi connectivity index (χ4v) is 1.73. The Bertz CT molecular complexity index is 476. The van der Waals surface area contributed by atoms with E-state index in [4.69, 9.17) is 15.7 Å². The molecule has 0 heterocycles. The minimum atomic E-state index is -4.26. The van der Waals surface area contributed by atoms with Crippen LogP contribution in [-0.4, -0.2) is 53.8 Å². The molecule has 1 fully saturated rings. The first-order valence-electron chi connectivity index (χ1n) is 7.04. The Morgan fingerprint density at radius 1 is 1.29 bits per heavy atom. The van der Waals surface area contributed by atoms with Crippen LogP contribution in [0, 0.1) is 5.92 Å². The Kier molecular flexibility index (Phi) is 10.2. The van der Waals surface area contributed by atoms with Crippen LogP contribution < -0.4 is 11.1 Å². The van der Waals surface area contributed by atoms with Gasteiger partial charge in [0.2, 0.25) is 6.79 Å². The molecule has 0 aromatic heterocycles. The van der Waals surface area contributed by atoms with Gasteiger partial charge in [0.05, 0.1) is 5.92 Å². The van der Waals surface area contributed by atoms with Crippen LogP contribution in [0.25, 0.3) is 0 Å². The van der Waals surface area contributed by atoms with E-state index in [1.54, 1.807) is 0 Å². The number of ether oxygens (including phenoxy) is 2. The first-order valence-corrected chi connectivity index (χ1v) is 8.80. The van der Waals surface area contributed by atoms with Crippen molar-refractivity contribution in [3.63, 3.8) is 0 Å². The first-order chi connectivity index (χ1) is 11.0. The van der Waals surface area contributed by atoms with E-state index in [0.717, 1.165) is 12.8 Å². The molecule has 1 aliphatic carbocycles. The molecule has 12 heteroatoms. The number of carboxylic acid groups (broad SMARTS) is 1. The van der Waals surface area contributed by atoms with Gasteiger partial charge >= 0.3 is 25.6 Å². The number of rotatable bonds is 8. The zero-order valence-electron chi connectivity index (χ0n) is 13.5. The van der Waals surface area contributed by atoms with E-state index in [9.17, 15) is 18.9 Å². The molecule has 1 unspecified atom stereocenters. The highest BCUT2D eigenvalue weighted by molar-refractivity contribution is 7.52. The zero-order chi connectivity index (χ0) is 18.8. The number of amides is 1. The molecule has 1 atom stereocenters. The minimum absolute atomic E-state index is 0.135. The lowest BCUT2D eigenvalue weighted by atomic mass is 10.4. The molecule has 140 valence electrons. The van der Waals surface area contributed by atoms with E-state index in [2.05, 4.69) is 14.0 Å². The monoisotopic (exact) mass is 370 g/mol. The summed E-state index contributed by atoms with van der Waals surface area (Å²) in [5.74, 6) is -2.02. The highest BCUT2D eigenvalue weighted by Gasteiger charge is 2.31. The summed E-state index contributed by atoms with van der Waals surface area (Å²) in [6.07, 6.45) is -0.420. The molecule has 0 aliphatic heterocycles. The van der Waals surface area contributed by atoms with Gasteiger partial charge in [-0.15, -0.1) is 0 Å². The van der Waals surface area contributed by atoms with Gasteiger partial charge in [-0.25, -0.2) is 9.59 Å². The van der Waals surface area contributed by atoms with Crippen molar-refractivity contribution in [2.24, 2.45) is 11.7 Å². The molecule has 11 nitrogen and oxygen atoms in total. The van der Waals surface area contributed by atoms with Gasteiger partial charge in [-0.05, 0) is 18.9 Å². The third kappa shape index (κ3) is 13.9. The topological polar surface area (TPSA) is 174 Å². The van der Waals surface area contributed by atoms with Crippen molar-refractivity contribution in [2.75, 3.05) is 19.7 Å². The van der Waals surface area contributed by atoms with Crippen molar-refractivity contribution in [2.45, 2.75) is 32.7 Å². The summed E-state index contributed by atoms with van der Waals surface area (Å²) in [4.78, 5) is 41.4. The molecule has 0 spiro atoms. The molecule has 0 aromatic carbocycles. The number of carbonyl (C=O) groups excluding carboxylic acids is 2. The number of nitrogens with one attached hydrogen (secondary N) is 1. The van der Waals surface area contributed by atoms with Crippen LogP contribution >= 0.6 is 7.60 Å². The average Bonchev–Trinajstić information content (AvgIpc) is 3.27. The van der Waals surface area contributed by atoms with Crippen LogP contribution in [0.5, 0.6) is 0 Å². The van der Waals surface area contributed by atoms with Gasteiger partial charge < -0.3 is 30.5 Å². The van der Waals surface area contributed by atoms with Gasteiger partial charge in [-0.2, -0.15) is 0 Å². The number of nitrogens with two attached hydrogens (primary N) is 1. The normalized spacial score (nSPS) is 15.5. The van der Waals surface area contributed by atoms with E-state index in [0.29, 0.717) is 6.04 Å². The third-order valence-corrected chi connectivity index (χ3v) is 3.21. The maximum absolute atomic E-state index is 11.2. The van der Waals surface area contributed by atoms with Crippen molar-refractivity contribution in [1.82, 2.24) is 5.32 Å². The maximum atomic E-state index is 11.2. The molecule has 0 radical (unpaired) electrons. The summed E-state index contributed by atoms with van der Waals surface area (Å²) in [5.41, 5.74) is 5.11. The highest BCUT2D eigenvalue weighted by Crippen LogP contribution is 2.39. The van der Waals surface area contributed by atoms with Gasteiger partial charge in [-0.3, -0.25) is 13.9 Å². The van der Waals surface area contributed by atoms with E-state index < -0.39 is 45.3 Å². The summed E-state index contributed by atoms with van der Waals surface area (Å²) >= 11 is 0. The van der Waals surface area contributed by atoms with Gasteiger partial charge in [0.1, 0.15) is 6.29 Å². The van der Waals surface area contributed by atoms with Crippen LogP contribution in [0.1, 0.15) is 26.7 Å². The van der Waals surface area contributed by atoms with E-state index in [-0.39, 0.29) is 5.92 Å². The number of aliphatic carboxylic acids is 1. The lowest BCUT2D eigenvalue weighted by molar-refractivity contribution is -0.153. The summed E-state index contributed by atoms with van der Waals surface area (Å²) in [6.45, 7) is 2.32. The predicted octanol–water partition coefficient (Wildman–Crippen LogP) is 0.221. The van der Waals surface area contributed by atoms with E-state index in [1.807, 2.05) is 19.2 Å². The second kappa shape index (κ2) is 11.0. The number of hydrogen-bond donors (Lipinski definition) is 4. The first kappa shape index (κ1) is 22.3. The quantitative estimate of drug-likeness (QED) is 0.263. The SMILES string of the molecule is CC(C)N.O=C(O)COP(=O)(O)CNC(=O)OCOC(=O)C1CC1. The molecule has 5 N–H and O–H groups in total. The van der Waals surface area contributed by atoms with E-state index in [1.165, 1.54) is 0 Å². The molecule has 1 saturated carbocycles. The maximum Gasteiger partial charge on any atom is 0.410 e. The summed E-state index contributed by atoms with van der Waals surface area (Å²) in [7, 11) is -4.26. The number of hydrogen-bond acceptors (Lipinski definition) is 8. The lowest BCUT2D eigenvalue weighted by Crippen LogP contribution is -2.27. The lowest BCUT2D eigenvalue weighted by Gasteiger charge is -2.11. The molecule has 0 saturated heterocycles. The Labute approximate surface area is 139 Å². The van der Waals surface area contributed by atoms with Gasteiger partial charge in [0.25, 0.3) is 0 Å². The van der Waals surface area contributed by atoms with Crippen molar-refractivity contribution in [3.05, 3.63) is 0 Å². The van der Waals surface area contributed by atoms with Gasteiger partial charge in [0, 0.05) is 0 Å². The Balaban J connectivity index is 0.00000118. The molecule has 1 rings (SSSR count). The third-order valence-electron chi connectivity index (χ3n) is 2.11. The second-order valence-corrected chi connectivity index (χ2v) is 7.02.